The van der Waals surface area contributed by atoms with Gasteiger partial charge in [-0.3, -0.25) is 4.98 Å². The van der Waals surface area contributed by atoms with Gasteiger partial charge >= 0.3 is 0 Å². The number of rotatable bonds is 4. The number of hydrogen-bond donors (Lipinski definition) is 1. The number of pyridine rings is 1. The number of aromatic nitrogens is 1. The molecular formula is C10H15N3. The molecule has 0 saturated heterocycles. The SMILES string of the molecule is C=C(NC)N(C)Cc1ccccn1. The van der Waals surface area contributed by atoms with Crippen molar-refractivity contribution < 1.29 is 0 Å². The zero-order chi connectivity index (χ0) is 9.68. The van der Waals surface area contributed by atoms with Crippen molar-refractivity contribution in [3.63, 3.8) is 0 Å². The predicted octanol–water partition coefficient (Wildman–Crippen LogP) is 1.20. The van der Waals surface area contributed by atoms with E-state index >= 15 is 0 Å². The molecule has 1 aromatic rings. The summed E-state index contributed by atoms with van der Waals surface area (Å²) >= 11 is 0. The largest absolute Gasteiger partial charge is 0.375 e. The van der Waals surface area contributed by atoms with Crippen LogP contribution in [-0.4, -0.2) is 24.0 Å². The fourth-order valence-electron chi connectivity index (χ4n) is 1.02. The Balaban J connectivity index is 2.55. The van der Waals surface area contributed by atoms with Crippen LogP contribution in [0.5, 0.6) is 0 Å². The van der Waals surface area contributed by atoms with Crippen LogP contribution in [0, 0.1) is 0 Å². The van der Waals surface area contributed by atoms with Gasteiger partial charge in [0, 0.05) is 20.3 Å². The van der Waals surface area contributed by atoms with Gasteiger partial charge in [-0.05, 0) is 12.1 Å². The molecule has 1 N–H and O–H groups in total. The third kappa shape index (κ3) is 2.78. The Morgan fingerprint density at radius 2 is 2.38 bits per heavy atom. The lowest BCUT2D eigenvalue weighted by molar-refractivity contribution is 0.383. The van der Waals surface area contributed by atoms with E-state index in [-0.39, 0.29) is 0 Å². The lowest BCUT2D eigenvalue weighted by atomic mass is 10.3. The van der Waals surface area contributed by atoms with E-state index in [0.717, 1.165) is 18.1 Å². The van der Waals surface area contributed by atoms with Crippen molar-refractivity contribution in [3.05, 3.63) is 42.5 Å². The molecule has 1 rings (SSSR count). The molecular weight excluding hydrogens is 162 g/mol. The van der Waals surface area contributed by atoms with Gasteiger partial charge in [-0.15, -0.1) is 0 Å². The molecule has 1 aromatic heterocycles. The summed E-state index contributed by atoms with van der Waals surface area (Å²) in [6.45, 7) is 4.63. The van der Waals surface area contributed by atoms with E-state index in [9.17, 15) is 0 Å². The molecule has 13 heavy (non-hydrogen) atoms. The van der Waals surface area contributed by atoms with Gasteiger partial charge in [0.25, 0.3) is 0 Å². The van der Waals surface area contributed by atoms with E-state index in [4.69, 9.17) is 0 Å². The molecule has 3 nitrogen and oxygen atoms in total. The van der Waals surface area contributed by atoms with Crippen LogP contribution in [0.25, 0.3) is 0 Å². The molecule has 0 bridgehead atoms. The standard InChI is InChI=1S/C10H15N3/c1-9(11-2)13(3)8-10-6-4-5-7-12-10/h4-7,11H,1,8H2,2-3H3. The zero-order valence-electron chi connectivity index (χ0n) is 8.12. The van der Waals surface area contributed by atoms with Crippen LogP contribution in [0.3, 0.4) is 0 Å². The minimum atomic E-state index is 0.778. The van der Waals surface area contributed by atoms with Crippen LogP contribution >= 0.6 is 0 Å². The number of nitrogens with one attached hydrogen (secondary N) is 1. The average molecular weight is 177 g/mol. The van der Waals surface area contributed by atoms with Crippen LogP contribution in [0.4, 0.5) is 0 Å². The van der Waals surface area contributed by atoms with Crippen LogP contribution in [0.2, 0.25) is 0 Å². The van der Waals surface area contributed by atoms with Crippen molar-refractivity contribution in [2.75, 3.05) is 14.1 Å². The van der Waals surface area contributed by atoms with Gasteiger partial charge in [0.1, 0.15) is 0 Å². The van der Waals surface area contributed by atoms with E-state index in [1.165, 1.54) is 0 Å². The Morgan fingerprint density at radius 3 is 2.92 bits per heavy atom. The maximum Gasteiger partial charge on any atom is 0.0937 e. The van der Waals surface area contributed by atoms with Crippen molar-refractivity contribution in [1.82, 2.24) is 15.2 Å². The quantitative estimate of drug-likeness (QED) is 0.749. The van der Waals surface area contributed by atoms with Gasteiger partial charge in [0.05, 0.1) is 18.1 Å². The fraction of sp³-hybridized carbons (Fsp3) is 0.300. The maximum absolute atomic E-state index is 4.22. The first-order chi connectivity index (χ1) is 6.24. The molecule has 0 aliphatic heterocycles. The highest BCUT2D eigenvalue weighted by Gasteiger charge is 2.00. The third-order valence-corrected chi connectivity index (χ3v) is 1.87. The predicted molar refractivity (Wildman–Crippen MR) is 53.9 cm³/mol. The molecule has 1 heterocycles. The second-order valence-corrected chi connectivity index (χ2v) is 2.87. The second kappa shape index (κ2) is 4.50. The highest BCUT2D eigenvalue weighted by Crippen LogP contribution is 2.01. The molecule has 0 aliphatic rings. The Hall–Kier alpha value is -1.51. The van der Waals surface area contributed by atoms with Crippen molar-refractivity contribution in [1.29, 1.82) is 0 Å². The van der Waals surface area contributed by atoms with Gasteiger partial charge in [-0.1, -0.05) is 12.6 Å². The summed E-state index contributed by atoms with van der Waals surface area (Å²) in [5.74, 6) is 0.894. The molecule has 0 amide bonds. The molecule has 0 saturated carbocycles. The van der Waals surface area contributed by atoms with E-state index in [0.29, 0.717) is 0 Å². The summed E-state index contributed by atoms with van der Waals surface area (Å²) in [6, 6.07) is 5.90. The van der Waals surface area contributed by atoms with Crippen molar-refractivity contribution in [3.8, 4) is 0 Å². The van der Waals surface area contributed by atoms with Crippen LogP contribution in [0.1, 0.15) is 5.69 Å². The monoisotopic (exact) mass is 177 g/mol. The number of nitrogens with zero attached hydrogens (tertiary/aromatic N) is 2. The van der Waals surface area contributed by atoms with Crippen molar-refractivity contribution in [2.24, 2.45) is 0 Å². The molecule has 3 heteroatoms. The Morgan fingerprint density at radius 1 is 1.62 bits per heavy atom. The van der Waals surface area contributed by atoms with E-state index < -0.39 is 0 Å². The summed E-state index contributed by atoms with van der Waals surface area (Å²) in [7, 11) is 3.84. The molecule has 0 atom stereocenters. The summed E-state index contributed by atoms with van der Waals surface area (Å²) in [5, 5.41) is 2.99. The smallest absolute Gasteiger partial charge is 0.0937 e. The Labute approximate surface area is 79.1 Å². The first-order valence-corrected chi connectivity index (χ1v) is 4.21. The van der Waals surface area contributed by atoms with Gasteiger partial charge < -0.3 is 10.2 Å². The van der Waals surface area contributed by atoms with E-state index in [1.807, 2.05) is 37.2 Å². The summed E-state index contributed by atoms with van der Waals surface area (Å²) in [5.41, 5.74) is 1.04. The minimum absolute atomic E-state index is 0.778. The minimum Gasteiger partial charge on any atom is -0.375 e. The van der Waals surface area contributed by atoms with Gasteiger partial charge in [-0.2, -0.15) is 0 Å². The summed E-state index contributed by atoms with van der Waals surface area (Å²) in [6.07, 6.45) is 1.80. The van der Waals surface area contributed by atoms with Crippen LogP contribution in [0.15, 0.2) is 36.8 Å². The lowest BCUT2D eigenvalue weighted by Crippen LogP contribution is -2.25. The van der Waals surface area contributed by atoms with Crippen LogP contribution < -0.4 is 5.32 Å². The molecule has 0 unspecified atom stereocenters. The zero-order valence-corrected chi connectivity index (χ0v) is 8.12. The first-order valence-electron chi connectivity index (χ1n) is 4.21. The average Bonchev–Trinajstić information content (AvgIpc) is 2.18. The molecule has 0 aromatic carbocycles. The fourth-order valence-corrected chi connectivity index (χ4v) is 1.02. The highest BCUT2D eigenvalue weighted by molar-refractivity contribution is 5.04. The van der Waals surface area contributed by atoms with E-state index in [1.54, 1.807) is 6.20 Å². The summed E-state index contributed by atoms with van der Waals surface area (Å²) < 4.78 is 0. The van der Waals surface area contributed by atoms with Gasteiger partial charge in [0.15, 0.2) is 0 Å². The van der Waals surface area contributed by atoms with Gasteiger partial charge in [-0.25, -0.2) is 0 Å². The highest BCUT2D eigenvalue weighted by atomic mass is 15.2. The van der Waals surface area contributed by atoms with Crippen molar-refractivity contribution >= 4 is 0 Å². The summed E-state index contributed by atoms with van der Waals surface area (Å²) in [4.78, 5) is 6.24. The molecule has 0 radical (unpaired) electrons. The maximum atomic E-state index is 4.22. The lowest BCUT2D eigenvalue weighted by Gasteiger charge is -2.20. The Bertz CT molecular complexity index is 269. The van der Waals surface area contributed by atoms with Crippen molar-refractivity contribution in [2.45, 2.75) is 6.54 Å². The second-order valence-electron chi connectivity index (χ2n) is 2.87. The Kier molecular flexibility index (Phi) is 3.31. The number of hydrogen-bond acceptors (Lipinski definition) is 3. The topological polar surface area (TPSA) is 28.2 Å². The molecule has 70 valence electrons. The normalized spacial score (nSPS) is 9.38. The molecule has 0 fully saturated rings. The third-order valence-electron chi connectivity index (χ3n) is 1.87. The molecule has 0 aliphatic carbocycles. The van der Waals surface area contributed by atoms with Crippen LogP contribution in [-0.2, 0) is 6.54 Å². The van der Waals surface area contributed by atoms with Gasteiger partial charge in [0.2, 0.25) is 0 Å². The first kappa shape index (κ1) is 9.58. The van der Waals surface area contributed by atoms with E-state index in [2.05, 4.69) is 16.9 Å². The molecule has 0 spiro atoms.